The molecule has 16 heavy (non-hydrogen) atoms. The van der Waals surface area contributed by atoms with Gasteiger partial charge in [-0.05, 0) is 6.92 Å². The minimum absolute atomic E-state index is 0. The molecule has 0 aliphatic carbocycles. The van der Waals surface area contributed by atoms with Gasteiger partial charge in [0.25, 0.3) is 0 Å². The van der Waals surface area contributed by atoms with Crippen molar-refractivity contribution < 1.29 is 34.4 Å². The molecule has 0 aromatic carbocycles. The molecule has 0 unspecified atom stereocenters. The summed E-state index contributed by atoms with van der Waals surface area (Å²) < 4.78 is 4.46. The van der Waals surface area contributed by atoms with Gasteiger partial charge >= 0.3 is 43.7 Å². The van der Waals surface area contributed by atoms with Gasteiger partial charge in [-0.15, -0.1) is 0 Å². The number of aliphatic hydroxyl groups is 1. The summed E-state index contributed by atoms with van der Waals surface area (Å²) >= 11 is 0. The number of carboxylic acids is 2. The van der Waals surface area contributed by atoms with Crippen molar-refractivity contribution in [3.8, 4) is 0 Å². The molecule has 0 bridgehead atoms. The first kappa shape index (κ1) is 20.7. The van der Waals surface area contributed by atoms with Crippen LogP contribution >= 0.6 is 0 Å². The van der Waals surface area contributed by atoms with Crippen LogP contribution in [0, 0.1) is 0 Å². The van der Waals surface area contributed by atoms with E-state index in [0.29, 0.717) is 5.57 Å². The third kappa shape index (κ3) is 15.8. The smallest absolute Gasteiger partial charge is 0.543 e. The molecule has 0 atom stereocenters. The minimum atomic E-state index is -2.19. The van der Waals surface area contributed by atoms with E-state index in [1.54, 1.807) is 6.92 Å². The van der Waals surface area contributed by atoms with E-state index in [1.807, 2.05) is 0 Å². The largest absolute Gasteiger partial charge is 2.00 e. The van der Waals surface area contributed by atoms with E-state index in [9.17, 15) is 4.79 Å². The molecule has 0 rings (SSSR count). The fourth-order valence-electron chi connectivity index (χ4n) is 0.262. The quantitative estimate of drug-likeness (QED) is 0.238. The maximum Gasteiger partial charge on any atom is 2.00 e. The Morgan fingerprint density at radius 1 is 1.25 bits per heavy atom. The Bertz CT molecular complexity index is 249. The molecule has 0 saturated heterocycles. The van der Waals surface area contributed by atoms with Crippen LogP contribution in [0.1, 0.15) is 6.92 Å². The van der Waals surface area contributed by atoms with E-state index < -0.39 is 17.9 Å². The maximum absolute atomic E-state index is 10.5. The zero-order chi connectivity index (χ0) is 12.4. The molecule has 8 heteroatoms. The third-order valence-electron chi connectivity index (χ3n) is 0.840. The average Bonchev–Trinajstić information content (AvgIpc) is 2.14. The van der Waals surface area contributed by atoms with Gasteiger partial charge in [0.15, 0.2) is 0 Å². The Morgan fingerprint density at radius 3 is 1.81 bits per heavy atom. The van der Waals surface area contributed by atoms with E-state index in [0.717, 1.165) is 0 Å². The van der Waals surface area contributed by atoms with Crippen LogP contribution in [0.3, 0.4) is 0 Å². The van der Waals surface area contributed by atoms with E-state index in [1.165, 1.54) is 0 Å². The number of carbonyl (C=O) groups is 3. The summed E-state index contributed by atoms with van der Waals surface area (Å²) in [7, 11) is 0. The molecule has 0 radical (unpaired) electrons. The van der Waals surface area contributed by atoms with Crippen molar-refractivity contribution in [2.45, 2.75) is 6.92 Å². The van der Waals surface area contributed by atoms with Crippen molar-refractivity contribution in [1.29, 1.82) is 0 Å². The van der Waals surface area contributed by atoms with Gasteiger partial charge in [-0.2, -0.15) is 0 Å². The zero-order valence-electron chi connectivity index (χ0n) is 8.73. The Kier molecular flexibility index (Phi) is 16.1. The monoisotopic (exact) mass is 258 g/mol. The maximum atomic E-state index is 10.5. The summed E-state index contributed by atoms with van der Waals surface area (Å²) in [6.45, 7) is 4.81. The first-order chi connectivity index (χ1) is 6.82. The summed E-state index contributed by atoms with van der Waals surface area (Å²) in [5.74, 6) is -4.82. The van der Waals surface area contributed by atoms with E-state index in [2.05, 4.69) is 11.3 Å². The number of carbonyl (C=O) groups excluding carboxylic acids is 3. The van der Waals surface area contributed by atoms with Crippen LogP contribution < -0.4 is 10.2 Å². The number of hydrogen-bond acceptors (Lipinski definition) is 7. The Labute approximate surface area is 122 Å². The molecule has 1 N–H and O–H groups in total. The van der Waals surface area contributed by atoms with Crippen molar-refractivity contribution >= 4 is 55.6 Å². The molecular formula is C8H10CaO7. The van der Waals surface area contributed by atoms with Gasteiger partial charge in [0.1, 0.15) is 6.61 Å². The fraction of sp³-hybridized carbons (Fsp3) is 0.375. The van der Waals surface area contributed by atoms with Crippen molar-refractivity contribution in [3.63, 3.8) is 0 Å². The Balaban J connectivity index is -0.000000214. The third-order valence-corrected chi connectivity index (χ3v) is 0.840. The number of carboxylic acid groups (broad SMARTS) is 2. The van der Waals surface area contributed by atoms with E-state index >= 15 is 0 Å². The van der Waals surface area contributed by atoms with Gasteiger partial charge in [0.05, 0.1) is 18.5 Å². The SMILES string of the molecule is C=C(C)C(=O)OCCO.O=C([O-])C(=O)[O-].[Ca+2]. The summed E-state index contributed by atoms with van der Waals surface area (Å²) in [5, 5.41) is 26.0. The molecule has 0 aromatic heterocycles. The summed E-state index contributed by atoms with van der Waals surface area (Å²) in [6, 6.07) is 0. The van der Waals surface area contributed by atoms with Crippen LogP contribution in [0.25, 0.3) is 0 Å². The number of hydrogen-bond donors (Lipinski definition) is 1. The number of aliphatic hydroxyl groups excluding tert-OH is 1. The van der Waals surface area contributed by atoms with Crippen LogP contribution in [0.2, 0.25) is 0 Å². The number of rotatable bonds is 3. The predicted octanol–water partition coefficient (Wildman–Crippen LogP) is -3.80. The molecule has 0 aliphatic rings. The van der Waals surface area contributed by atoms with Crippen LogP contribution in [-0.2, 0) is 19.1 Å². The second kappa shape index (κ2) is 12.4. The average molecular weight is 258 g/mol. The first-order valence-electron chi connectivity index (χ1n) is 3.68. The normalized spacial score (nSPS) is 7.62. The van der Waals surface area contributed by atoms with Crippen molar-refractivity contribution in [3.05, 3.63) is 12.2 Å². The second-order valence-corrected chi connectivity index (χ2v) is 2.21. The summed E-state index contributed by atoms with van der Waals surface area (Å²) in [4.78, 5) is 28.3. The van der Waals surface area contributed by atoms with Gasteiger partial charge < -0.3 is 29.6 Å². The van der Waals surface area contributed by atoms with E-state index in [-0.39, 0.29) is 51.0 Å². The predicted molar refractivity (Wildman–Crippen MR) is 48.6 cm³/mol. The number of esters is 1. The molecule has 0 aromatic rings. The van der Waals surface area contributed by atoms with Crippen molar-refractivity contribution in [2.24, 2.45) is 0 Å². The van der Waals surface area contributed by atoms with Crippen LogP contribution in [0.15, 0.2) is 12.2 Å². The number of ether oxygens (including phenoxy) is 1. The molecule has 86 valence electrons. The van der Waals surface area contributed by atoms with Gasteiger partial charge in [0.2, 0.25) is 0 Å². The fourth-order valence-corrected chi connectivity index (χ4v) is 0.262. The minimum Gasteiger partial charge on any atom is -0.543 e. The van der Waals surface area contributed by atoms with Crippen molar-refractivity contribution in [2.75, 3.05) is 13.2 Å². The topological polar surface area (TPSA) is 127 Å². The molecule has 0 aliphatic heterocycles. The summed E-state index contributed by atoms with van der Waals surface area (Å²) in [6.07, 6.45) is 0. The number of aliphatic carboxylic acids is 2. The molecule has 0 amide bonds. The standard InChI is InChI=1S/C6H10O3.C2H2O4.Ca/c1-5(2)6(8)9-4-3-7;3-1(4)2(5)6;/h7H,1,3-4H2,2H3;(H,3,4)(H,5,6);/q;;+2/p-2. The second-order valence-electron chi connectivity index (χ2n) is 2.21. The summed E-state index contributed by atoms with van der Waals surface area (Å²) in [5.41, 5.74) is 0.350. The molecule has 0 saturated carbocycles. The molecule has 0 heterocycles. The van der Waals surface area contributed by atoms with Gasteiger partial charge in [-0.1, -0.05) is 6.58 Å². The van der Waals surface area contributed by atoms with Gasteiger partial charge in [-0.25, -0.2) is 4.79 Å². The first-order valence-corrected chi connectivity index (χ1v) is 3.68. The molecule has 7 nitrogen and oxygen atoms in total. The van der Waals surface area contributed by atoms with Gasteiger partial charge in [-0.3, -0.25) is 0 Å². The van der Waals surface area contributed by atoms with E-state index in [4.69, 9.17) is 24.9 Å². The van der Waals surface area contributed by atoms with Crippen molar-refractivity contribution in [1.82, 2.24) is 0 Å². The van der Waals surface area contributed by atoms with Crippen LogP contribution in [0.4, 0.5) is 0 Å². The van der Waals surface area contributed by atoms with Gasteiger partial charge in [0, 0.05) is 5.57 Å². The molecule has 0 spiro atoms. The van der Waals surface area contributed by atoms with Crippen LogP contribution in [-0.4, -0.2) is 74.0 Å². The molecular weight excluding hydrogens is 248 g/mol. The van der Waals surface area contributed by atoms with Crippen LogP contribution in [0.5, 0.6) is 0 Å². The Morgan fingerprint density at radius 2 is 1.62 bits per heavy atom. The molecule has 0 fully saturated rings. The zero-order valence-corrected chi connectivity index (χ0v) is 10.9. The Hall–Kier alpha value is -0.630.